The van der Waals surface area contributed by atoms with Gasteiger partial charge in [0.25, 0.3) is 0 Å². The molecule has 0 saturated carbocycles. The van der Waals surface area contributed by atoms with Crippen LogP contribution >= 0.6 is 11.9 Å². The van der Waals surface area contributed by atoms with Crippen LogP contribution in [0.2, 0.25) is 0 Å². The molecule has 1 heterocycles. The average Bonchev–Trinajstić information content (AvgIpc) is 2.84. The van der Waals surface area contributed by atoms with E-state index in [1.54, 1.807) is 6.07 Å². The van der Waals surface area contributed by atoms with E-state index < -0.39 is 30.1 Å². The summed E-state index contributed by atoms with van der Waals surface area (Å²) in [5.41, 5.74) is -1.12. The molecule has 0 aromatic heterocycles. The quantitative estimate of drug-likeness (QED) is 0.538. The number of ether oxygens (including phenoxy) is 1. The summed E-state index contributed by atoms with van der Waals surface area (Å²) in [4.78, 5) is 0.928. The predicted molar refractivity (Wildman–Crippen MR) is 109 cm³/mol. The highest BCUT2D eigenvalue weighted by Gasteiger charge is 2.52. The summed E-state index contributed by atoms with van der Waals surface area (Å²) in [5.74, 6) is 0.758. The van der Waals surface area contributed by atoms with Gasteiger partial charge in [-0.3, -0.25) is 4.72 Å². The Morgan fingerprint density at radius 1 is 0.966 bits per heavy atom. The summed E-state index contributed by atoms with van der Waals surface area (Å²) >= 11 is 1.43. The third-order valence-corrected chi connectivity index (χ3v) is 5.81. The Labute approximate surface area is 173 Å². The van der Waals surface area contributed by atoms with Crippen LogP contribution in [0.25, 0.3) is 0 Å². The van der Waals surface area contributed by atoms with Gasteiger partial charge < -0.3 is 14.0 Å². The summed E-state index contributed by atoms with van der Waals surface area (Å²) in [6.07, 6.45) is -4.39. The van der Waals surface area contributed by atoms with E-state index in [0.29, 0.717) is 17.0 Å². The first-order valence-electron chi connectivity index (χ1n) is 9.11. The predicted octanol–water partition coefficient (Wildman–Crippen LogP) is 5.02. The number of hydrogen-bond acceptors (Lipinski definition) is 5. The Balaban J connectivity index is 1.93. The molecule has 1 aliphatic heterocycles. The second kappa shape index (κ2) is 7.87. The van der Waals surface area contributed by atoms with Crippen molar-refractivity contribution in [3.8, 4) is 11.5 Å². The minimum absolute atomic E-state index is 0.296. The molecule has 0 unspecified atom stereocenters. The average molecular weight is 425 g/mol. The van der Waals surface area contributed by atoms with E-state index in [1.807, 2.05) is 46.9 Å². The van der Waals surface area contributed by atoms with Crippen molar-refractivity contribution in [1.82, 2.24) is 4.72 Å². The molecule has 0 aliphatic carbocycles. The zero-order valence-electron chi connectivity index (χ0n) is 16.9. The molecule has 0 bridgehead atoms. The Hall–Kier alpha value is -1.68. The Bertz CT molecular complexity index is 856. The van der Waals surface area contributed by atoms with Gasteiger partial charge in [-0.05, 0) is 89.2 Å². The van der Waals surface area contributed by atoms with Crippen molar-refractivity contribution < 1.29 is 27.2 Å². The summed E-state index contributed by atoms with van der Waals surface area (Å²) in [5, 5.41) is 0. The van der Waals surface area contributed by atoms with Gasteiger partial charge in [0.2, 0.25) is 0 Å². The Morgan fingerprint density at radius 2 is 1.55 bits per heavy atom. The molecule has 1 N–H and O–H groups in total. The summed E-state index contributed by atoms with van der Waals surface area (Å²) < 4.78 is 59.6. The molecule has 1 aliphatic rings. The fourth-order valence-corrected chi connectivity index (χ4v) is 3.35. The molecule has 29 heavy (non-hydrogen) atoms. The molecule has 0 radical (unpaired) electrons. The minimum atomic E-state index is -4.39. The molecular formula is C20H23BF3NO3S. The van der Waals surface area contributed by atoms with Crippen LogP contribution in [0, 0.1) is 0 Å². The van der Waals surface area contributed by atoms with Crippen LogP contribution in [0.4, 0.5) is 13.2 Å². The van der Waals surface area contributed by atoms with E-state index in [9.17, 15) is 13.2 Å². The molecular weight excluding hydrogens is 402 g/mol. The van der Waals surface area contributed by atoms with Gasteiger partial charge in [-0.15, -0.1) is 0 Å². The maximum Gasteiger partial charge on any atom is 0.498 e. The molecule has 0 atom stereocenters. The fourth-order valence-electron chi connectivity index (χ4n) is 2.79. The van der Waals surface area contributed by atoms with Crippen LogP contribution in [0.5, 0.6) is 11.5 Å². The van der Waals surface area contributed by atoms with Crippen LogP contribution in [-0.4, -0.2) is 25.4 Å². The lowest BCUT2D eigenvalue weighted by molar-refractivity contribution is -0.137. The van der Waals surface area contributed by atoms with Crippen LogP contribution in [0.15, 0.2) is 47.4 Å². The molecule has 9 heteroatoms. The molecule has 1 fully saturated rings. The zero-order chi connectivity index (χ0) is 21.4. The molecule has 1 saturated heterocycles. The van der Waals surface area contributed by atoms with E-state index in [4.69, 9.17) is 14.0 Å². The maximum absolute atomic E-state index is 12.8. The van der Waals surface area contributed by atoms with Crippen molar-refractivity contribution in [3.63, 3.8) is 0 Å². The largest absolute Gasteiger partial charge is 0.498 e. The highest BCUT2D eigenvalue weighted by atomic mass is 32.2. The first-order valence-corrected chi connectivity index (χ1v) is 9.93. The maximum atomic E-state index is 12.8. The van der Waals surface area contributed by atoms with Crippen molar-refractivity contribution in [3.05, 3.63) is 48.0 Å². The van der Waals surface area contributed by atoms with Crippen LogP contribution in [0.1, 0.15) is 33.3 Å². The lowest BCUT2D eigenvalue weighted by atomic mass is 9.78. The second-order valence-corrected chi connectivity index (χ2v) is 8.80. The standard InChI is InChI=1S/C20H23BF3NO3S/c1-18(2)19(3,4)28-21(27-18)16-12-15(29-25-5)10-11-17(16)26-14-8-6-13(7-9-14)20(22,23)24/h6-12,25H,1-5H3. The van der Waals surface area contributed by atoms with E-state index in [1.165, 1.54) is 24.1 Å². The van der Waals surface area contributed by atoms with Gasteiger partial charge in [0.05, 0.1) is 16.8 Å². The third kappa shape index (κ3) is 4.74. The van der Waals surface area contributed by atoms with E-state index in [-0.39, 0.29) is 0 Å². The van der Waals surface area contributed by atoms with E-state index in [2.05, 4.69) is 4.72 Å². The number of nitrogens with one attached hydrogen (secondary N) is 1. The summed E-state index contributed by atoms with van der Waals surface area (Å²) in [6.45, 7) is 7.82. The minimum Gasteiger partial charge on any atom is -0.458 e. The van der Waals surface area contributed by atoms with Crippen molar-refractivity contribution in [2.24, 2.45) is 0 Å². The van der Waals surface area contributed by atoms with Crippen molar-refractivity contribution in [2.45, 2.75) is 50.0 Å². The molecule has 4 nitrogen and oxygen atoms in total. The Kier molecular flexibility index (Phi) is 5.97. The van der Waals surface area contributed by atoms with Crippen LogP contribution < -0.4 is 14.9 Å². The topological polar surface area (TPSA) is 39.7 Å². The molecule has 2 aromatic carbocycles. The normalized spacial score (nSPS) is 18.1. The van der Waals surface area contributed by atoms with Gasteiger partial charge in [0, 0.05) is 10.4 Å². The number of hydrogen-bond donors (Lipinski definition) is 1. The lowest BCUT2D eigenvalue weighted by Crippen LogP contribution is -2.41. The van der Waals surface area contributed by atoms with Gasteiger partial charge in [-0.25, -0.2) is 0 Å². The van der Waals surface area contributed by atoms with Gasteiger partial charge >= 0.3 is 13.3 Å². The smallest absolute Gasteiger partial charge is 0.458 e. The summed E-state index contributed by atoms with van der Waals surface area (Å²) in [6, 6.07) is 10.1. The third-order valence-electron chi connectivity index (χ3n) is 5.12. The number of alkyl halides is 3. The lowest BCUT2D eigenvalue weighted by Gasteiger charge is -2.32. The van der Waals surface area contributed by atoms with Crippen molar-refractivity contribution in [1.29, 1.82) is 0 Å². The first kappa shape index (κ1) is 22.0. The Morgan fingerprint density at radius 3 is 2.07 bits per heavy atom. The first-order chi connectivity index (χ1) is 13.4. The van der Waals surface area contributed by atoms with E-state index >= 15 is 0 Å². The fraction of sp³-hybridized carbons (Fsp3) is 0.400. The summed E-state index contributed by atoms with van der Waals surface area (Å²) in [7, 11) is 1.15. The van der Waals surface area contributed by atoms with Crippen LogP contribution in [-0.2, 0) is 15.5 Å². The molecule has 0 amide bonds. The van der Waals surface area contributed by atoms with Gasteiger partial charge in [0.1, 0.15) is 11.5 Å². The van der Waals surface area contributed by atoms with Gasteiger partial charge in [-0.2, -0.15) is 13.2 Å². The second-order valence-electron chi connectivity index (χ2n) is 7.72. The molecule has 0 spiro atoms. The van der Waals surface area contributed by atoms with Gasteiger partial charge in [-0.1, -0.05) is 0 Å². The number of benzene rings is 2. The molecule has 156 valence electrons. The van der Waals surface area contributed by atoms with Crippen LogP contribution in [0.3, 0.4) is 0 Å². The molecule has 3 rings (SSSR count). The van der Waals surface area contributed by atoms with E-state index in [0.717, 1.165) is 17.0 Å². The zero-order valence-corrected chi connectivity index (χ0v) is 17.7. The highest BCUT2D eigenvalue weighted by molar-refractivity contribution is 7.97. The number of halogens is 3. The van der Waals surface area contributed by atoms with Gasteiger partial charge in [0.15, 0.2) is 0 Å². The number of rotatable bonds is 5. The highest BCUT2D eigenvalue weighted by Crippen LogP contribution is 2.38. The molecule has 2 aromatic rings. The van der Waals surface area contributed by atoms with Crippen molar-refractivity contribution >= 4 is 24.5 Å². The monoisotopic (exact) mass is 425 g/mol. The van der Waals surface area contributed by atoms with Crippen molar-refractivity contribution in [2.75, 3.05) is 7.05 Å². The SMILES string of the molecule is CNSc1ccc(Oc2ccc(C(F)(F)F)cc2)c(B2OC(C)(C)C(C)(C)O2)c1.